The molecule has 1 aliphatic rings. The van der Waals surface area contributed by atoms with Crippen LogP contribution in [0.25, 0.3) is 0 Å². The number of hydroxylamine groups is 1. The molecule has 1 rings (SSSR count). The van der Waals surface area contributed by atoms with Crippen molar-refractivity contribution in [2.75, 3.05) is 6.61 Å². The van der Waals surface area contributed by atoms with E-state index in [1.807, 2.05) is 0 Å². The summed E-state index contributed by atoms with van der Waals surface area (Å²) in [7, 11) is 0. The highest BCUT2D eigenvalue weighted by molar-refractivity contribution is 4.77. The average molecular weight is 225 g/mol. The van der Waals surface area contributed by atoms with E-state index in [1.54, 1.807) is 0 Å². The Labute approximate surface area is 88.1 Å². The molecule has 0 saturated heterocycles. The highest BCUT2D eigenvalue weighted by Crippen LogP contribution is 2.29. The normalized spacial score (nSPS) is 33.0. The van der Waals surface area contributed by atoms with Crippen molar-refractivity contribution in [1.29, 1.82) is 0 Å². The van der Waals surface area contributed by atoms with Crippen LogP contribution in [-0.2, 0) is 4.84 Å². The standard InChI is InChI=1S/C10H18F3NO/c1-7-3-4-9(5-8(7)2)14-15-6-10(11,12)13/h7-9,14H,3-6H2,1-2H3. The lowest BCUT2D eigenvalue weighted by Crippen LogP contribution is -2.38. The predicted molar refractivity (Wildman–Crippen MR) is 51.1 cm³/mol. The van der Waals surface area contributed by atoms with Crippen molar-refractivity contribution in [3.8, 4) is 0 Å². The van der Waals surface area contributed by atoms with Crippen LogP contribution in [0.1, 0.15) is 33.1 Å². The fourth-order valence-corrected chi connectivity index (χ4v) is 1.90. The number of nitrogens with one attached hydrogen (secondary N) is 1. The van der Waals surface area contributed by atoms with Crippen LogP contribution in [0.3, 0.4) is 0 Å². The monoisotopic (exact) mass is 225 g/mol. The van der Waals surface area contributed by atoms with Crippen LogP contribution in [0, 0.1) is 11.8 Å². The molecule has 15 heavy (non-hydrogen) atoms. The molecular weight excluding hydrogens is 207 g/mol. The summed E-state index contributed by atoms with van der Waals surface area (Å²) in [5.74, 6) is 1.21. The first-order chi connectivity index (χ1) is 6.88. The van der Waals surface area contributed by atoms with Crippen molar-refractivity contribution >= 4 is 0 Å². The summed E-state index contributed by atoms with van der Waals surface area (Å²) in [5, 5.41) is 0. The topological polar surface area (TPSA) is 21.3 Å². The predicted octanol–water partition coefficient (Wildman–Crippen LogP) is 2.89. The lowest BCUT2D eigenvalue weighted by Gasteiger charge is -2.32. The molecular formula is C10H18F3NO. The summed E-state index contributed by atoms with van der Waals surface area (Å²) in [6.45, 7) is 3.09. The first-order valence-electron chi connectivity index (χ1n) is 5.32. The largest absolute Gasteiger partial charge is 0.413 e. The zero-order chi connectivity index (χ0) is 11.5. The molecule has 0 amide bonds. The summed E-state index contributed by atoms with van der Waals surface area (Å²) < 4.78 is 35.4. The number of hydrogen-bond acceptors (Lipinski definition) is 2. The number of halogens is 3. The molecule has 0 bridgehead atoms. The van der Waals surface area contributed by atoms with Crippen molar-refractivity contribution in [3.63, 3.8) is 0 Å². The van der Waals surface area contributed by atoms with Crippen molar-refractivity contribution < 1.29 is 18.0 Å². The molecule has 1 fully saturated rings. The van der Waals surface area contributed by atoms with Gasteiger partial charge >= 0.3 is 6.18 Å². The second-order valence-electron chi connectivity index (χ2n) is 4.49. The molecule has 5 heteroatoms. The fourth-order valence-electron chi connectivity index (χ4n) is 1.90. The number of alkyl halides is 3. The molecule has 0 aromatic heterocycles. The quantitative estimate of drug-likeness (QED) is 0.746. The maximum absolute atomic E-state index is 11.8. The van der Waals surface area contributed by atoms with E-state index < -0.39 is 12.8 Å². The lowest BCUT2D eigenvalue weighted by atomic mass is 9.79. The van der Waals surface area contributed by atoms with Crippen molar-refractivity contribution in [1.82, 2.24) is 5.48 Å². The van der Waals surface area contributed by atoms with Crippen LogP contribution in [0.5, 0.6) is 0 Å². The van der Waals surface area contributed by atoms with E-state index in [4.69, 9.17) is 0 Å². The molecule has 1 N–H and O–H groups in total. The second-order valence-corrected chi connectivity index (χ2v) is 4.49. The molecule has 0 spiro atoms. The number of rotatable bonds is 3. The Hall–Kier alpha value is -0.290. The molecule has 0 radical (unpaired) electrons. The molecule has 1 aliphatic carbocycles. The van der Waals surface area contributed by atoms with Crippen LogP contribution in [0.15, 0.2) is 0 Å². The third-order valence-electron chi connectivity index (χ3n) is 3.08. The molecule has 90 valence electrons. The smallest absolute Gasteiger partial charge is 0.292 e. The van der Waals surface area contributed by atoms with Gasteiger partial charge < -0.3 is 0 Å². The number of hydrogen-bond donors (Lipinski definition) is 1. The van der Waals surface area contributed by atoms with Gasteiger partial charge in [0.25, 0.3) is 0 Å². The molecule has 0 aromatic rings. The summed E-state index contributed by atoms with van der Waals surface area (Å²) >= 11 is 0. The van der Waals surface area contributed by atoms with Gasteiger partial charge in [-0.05, 0) is 31.1 Å². The highest BCUT2D eigenvalue weighted by Gasteiger charge is 2.29. The van der Waals surface area contributed by atoms with Crippen LogP contribution in [0.4, 0.5) is 13.2 Å². The van der Waals surface area contributed by atoms with Crippen LogP contribution in [0.2, 0.25) is 0 Å². The van der Waals surface area contributed by atoms with Gasteiger partial charge in [-0.2, -0.15) is 18.7 Å². The van der Waals surface area contributed by atoms with Gasteiger partial charge in [-0.3, -0.25) is 4.84 Å². The average Bonchev–Trinajstić information content (AvgIpc) is 2.09. The van der Waals surface area contributed by atoms with E-state index in [0.29, 0.717) is 11.8 Å². The summed E-state index contributed by atoms with van der Waals surface area (Å²) in [6.07, 6.45) is -1.42. The minimum atomic E-state index is -4.25. The molecule has 0 heterocycles. The van der Waals surface area contributed by atoms with Gasteiger partial charge in [0.2, 0.25) is 0 Å². The Balaban J connectivity index is 2.17. The lowest BCUT2D eigenvalue weighted by molar-refractivity contribution is -0.194. The minimum Gasteiger partial charge on any atom is -0.292 e. The molecule has 0 aromatic carbocycles. The molecule has 0 aliphatic heterocycles. The van der Waals surface area contributed by atoms with Crippen LogP contribution < -0.4 is 5.48 Å². The minimum absolute atomic E-state index is 0.0681. The summed E-state index contributed by atoms with van der Waals surface area (Å²) in [4.78, 5) is 4.45. The zero-order valence-corrected chi connectivity index (χ0v) is 9.10. The van der Waals surface area contributed by atoms with E-state index in [1.165, 1.54) is 0 Å². The maximum atomic E-state index is 11.8. The van der Waals surface area contributed by atoms with E-state index >= 15 is 0 Å². The van der Waals surface area contributed by atoms with Gasteiger partial charge in [0.1, 0.15) is 0 Å². The van der Waals surface area contributed by atoms with Gasteiger partial charge in [-0.25, -0.2) is 0 Å². The summed E-state index contributed by atoms with van der Waals surface area (Å²) in [6, 6.07) is 0.0681. The Bertz CT molecular complexity index is 196. The van der Waals surface area contributed by atoms with Gasteiger partial charge in [-0.15, -0.1) is 0 Å². The van der Waals surface area contributed by atoms with Crippen molar-refractivity contribution in [3.05, 3.63) is 0 Å². The SMILES string of the molecule is CC1CCC(NOCC(F)(F)F)CC1C. The van der Waals surface area contributed by atoms with Gasteiger partial charge in [0, 0.05) is 6.04 Å². The Morgan fingerprint density at radius 3 is 2.40 bits per heavy atom. The molecule has 1 saturated carbocycles. The molecule has 3 atom stereocenters. The van der Waals surface area contributed by atoms with E-state index in [9.17, 15) is 13.2 Å². The van der Waals surface area contributed by atoms with Crippen LogP contribution in [-0.4, -0.2) is 18.8 Å². The van der Waals surface area contributed by atoms with Crippen molar-refractivity contribution in [2.45, 2.75) is 45.3 Å². The third-order valence-corrected chi connectivity index (χ3v) is 3.08. The molecule has 3 unspecified atom stereocenters. The van der Waals surface area contributed by atoms with E-state index in [-0.39, 0.29) is 6.04 Å². The third kappa shape index (κ3) is 4.84. The second kappa shape index (κ2) is 5.16. The first kappa shape index (κ1) is 12.8. The maximum Gasteiger partial charge on any atom is 0.413 e. The molecule has 2 nitrogen and oxygen atoms in total. The van der Waals surface area contributed by atoms with E-state index in [0.717, 1.165) is 19.3 Å². The van der Waals surface area contributed by atoms with E-state index in [2.05, 4.69) is 24.2 Å². The zero-order valence-electron chi connectivity index (χ0n) is 9.10. The van der Waals surface area contributed by atoms with Crippen molar-refractivity contribution in [2.24, 2.45) is 11.8 Å². The summed E-state index contributed by atoms with van der Waals surface area (Å²) in [5.41, 5.74) is 2.51. The van der Waals surface area contributed by atoms with Gasteiger partial charge in [0.05, 0.1) is 0 Å². The van der Waals surface area contributed by atoms with Gasteiger partial charge in [0.15, 0.2) is 6.61 Å². The van der Waals surface area contributed by atoms with Crippen LogP contribution >= 0.6 is 0 Å². The fraction of sp³-hybridized carbons (Fsp3) is 1.00. The first-order valence-corrected chi connectivity index (χ1v) is 5.32. The van der Waals surface area contributed by atoms with Gasteiger partial charge in [-0.1, -0.05) is 13.8 Å². The highest BCUT2D eigenvalue weighted by atomic mass is 19.4. The Morgan fingerprint density at radius 2 is 1.87 bits per heavy atom. The Morgan fingerprint density at radius 1 is 1.20 bits per heavy atom. The Kier molecular flexibility index (Phi) is 4.40.